The number of ether oxygens (including phenoxy) is 1. The van der Waals surface area contributed by atoms with Crippen LogP contribution in [0.3, 0.4) is 0 Å². The van der Waals surface area contributed by atoms with E-state index in [9.17, 15) is 4.79 Å². The summed E-state index contributed by atoms with van der Waals surface area (Å²) in [5.74, 6) is 1.14. The van der Waals surface area contributed by atoms with Gasteiger partial charge in [-0.15, -0.1) is 0 Å². The second-order valence-electron chi connectivity index (χ2n) is 8.78. The first-order valence-corrected chi connectivity index (χ1v) is 11.8. The van der Waals surface area contributed by atoms with Crippen LogP contribution in [0.5, 0.6) is 5.75 Å². The first-order chi connectivity index (χ1) is 15.7. The third kappa shape index (κ3) is 5.82. The molecule has 4 rings (SSSR count). The summed E-state index contributed by atoms with van der Waals surface area (Å²) >= 11 is 0. The average molecular weight is 431 g/mol. The third-order valence-corrected chi connectivity index (χ3v) is 6.55. The minimum absolute atomic E-state index is 0.273. The van der Waals surface area contributed by atoms with Gasteiger partial charge in [0.1, 0.15) is 5.75 Å². The minimum Gasteiger partial charge on any atom is -0.497 e. The van der Waals surface area contributed by atoms with Gasteiger partial charge in [-0.2, -0.15) is 0 Å². The largest absolute Gasteiger partial charge is 0.497 e. The standard InChI is InChI=1S/C28H34N2O2/c1-32-27-16-8-12-24(20-27)21-29-19-9-15-26(29)22-30(25-13-6-3-7-14-25)28(31)18-17-23-10-4-2-5-11-23/h2,4-5,8-12,15-16,19-20,25H,3,6-7,13-14,17-18,21-22H2,1H3. The number of amides is 1. The number of rotatable bonds is 9. The Morgan fingerprint density at radius 3 is 2.53 bits per heavy atom. The van der Waals surface area contributed by atoms with Crippen molar-refractivity contribution in [2.75, 3.05) is 7.11 Å². The van der Waals surface area contributed by atoms with Crippen LogP contribution >= 0.6 is 0 Å². The Balaban J connectivity index is 1.48. The molecule has 168 valence electrons. The Labute approximate surface area is 191 Å². The van der Waals surface area contributed by atoms with Gasteiger partial charge in [-0.1, -0.05) is 61.7 Å². The van der Waals surface area contributed by atoms with Gasteiger partial charge in [0.15, 0.2) is 0 Å². The zero-order chi connectivity index (χ0) is 22.2. The molecular weight excluding hydrogens is 396 g/mol. The Kier molecular flexibility index (Phi) is 7.65. The molecule has 2 aromatic carbocycles. The summed E-state index contributed by atoms with van der Waals surface area (Å²) in [6, 6.07) is 23.1. The van der Waals surface area contributed by atoms with Crippen molar-refractivity contribution in [3.05, 3.63) is 89.7 Å². The van der Waals surface area contributed by atoms with Crippen molar-refractivity contribution >= 4 is 5.91 Å². The van der Waals surface area contributed by atoms with Gasteiger partial charge in [0, 0.05) is 30.9 Å². The van der Waals surface area contributed by atoms with E-state index in [1.165, 1.54) is 36.1 Å². The highest BCUT2D eigenvalue weighted by Gasteiger charge is 2.26. The van der Waals surface area contributed by atoms with E-state index < -0.39 is 0 Å². The predicted octanol–water partition coefficient (Wildman–Crippen LogP) is 5.84. The first kappa shape index (κ1) is 22.2. The van der Waals surface area contributed by atoms with Gasteiger partial charge in [0.2, 0.25) is 5.91 Å². The molecule has 32 heavy (non-hydrogen) atoms. The van der Waals surface area contributed by atoms with E-state index in [0.29, 0.717) is 19.0 Å². The van der Waals surface area contributed by atoms with Gasteiger partial charge < -0.3 is 14.2 Å². The smallest absolute Gasteiger partial charge is 0.223 e. The molecule has 1 fully saturated rings. The highest BCUT2D eigenvalue weighted by molar-refractivity contribution is 5.76. The van der Waals surface area contributed by atoms with Gasteiger partial charge in [0.25, 0.3) is 0 Å². The topological polar surface area (TPSA) is 34.5 Å². The molecule has 0 aliphatic heterocycles. The summed E-state index contributed by atoms with van der Waals surface area (Å²) < 4.78 is 7.64. The predicted molar refractivity (Wildman–Crippen MR) is 129 cm³/mol. The normalized spacial score (nSPS) is 14.3. The van der Waals surface area contributed by atoms with Crippen LogP contribution in [0.25, 0.3) is 0 Å². The summed E-state index contributed by atoms with van der Waals surface area (Å²) in [5, 5.41) is 0. The van der Waals surface area contributed by atoms with E-state index in [1.807, 2.05) is 30.3 Å². The highest BCUT2D eigenvalue weighted by Crippen LogP contribution is 2.26. The Morgan fingerprint density at radius 2 is 1.75 bits per heavy atom. The molecule has 1 aliphatic carbocycles. The number of carbonyl (C=O) groups excluding carboxylic acids is 1. The molecule has 1 amide bonds. The maximum Gasteiger partial charge on any atom is 0.223 e. The van der Waals surface area contributed by atoms with Crippen molar-refractivity contribution in [2.24, 2.45) is 0 Å². The van der Waals surface area contributed by atoms with E-state index in [0.717, 1.165) is 31.6 Å². The molecule has 0 radical (unpaired) electrons. The lowest BCUT2D eigenvalue weighted by atomic mass is 9.93. The fraction of sp³-hybridized carbons (Fsp3) is 0.393. The molecule has 1 aromatic heterocycles. The maximum absolute atomic E-state index is 13.4. The highest BCUT2D eigenvalue weighted by atomic mass is 16.5. The number of benzene rings is 2. The molecule has 0 N–H and O–H groups in total. The van der Waals surface area contributed by atoms with Gasteiger partial charge in [-0.05, 0) is 54.7 Å². The van der Waals surface area contributed by atoms with Crippen LogP contribution in [-0.4, -0.2) is 28.5 Å². The zero-order valence-corrected chi connectivity index (χ0v) is 19.1. The van der Waals surface area contributed by atoms with Crippen molar-refractivity contribution in [1.29, 1.82) is 0 Å². The SMILES string of the molecule is COc1cccc(Cn2cccc2CN(C(=O)CCc2ccccc2)C2CCCCC2)c1. The molecule has 4 nitrogen and oxygen atoms in total. The number of aromatic nitrogens is 1. The molecule has 0 atom stereocenters. The molecule has 1 saturated carbocycles. The van der Waals surface area contributed by atoms with Gasteiger partial charge in [-0.25, -0.2) is 0 Å². The average Bonchev–Trinajstić information content (AvgIpc) is 3.28. The lowest BCUT2D eigenvalue weighted by molar-refractivity contribution is -0.135. The van der Waals surface area contributed by atoms with E-state index in [1.54, 1.807) is 7.11 Å². The molecule has 1 heterocycles. The van der Waals surface area contributed by atoms with Crippen LogP contribution < -0.4 is 4.74 Å². The molecule has 3 aromatic rings. The zero-order valence-electron chi connectivity index (χ0n) is 19.1. The number of aryl methyl sites for hydroxylation is 1. The number of methoxy groups -OCH3 is 1. The molecule has 0 unspecified atom stereocenters. The first-order valence-electron chi connectivity index (χ1n) is 11.8. The quantitative estimate of drug-likeness (QED) is 0.427. The lowest BCUT2D eigenvalue weighted by Crippen LogP contribution is -2.41. The Hall–Kier alpha value is -3.01. The fourth-order valence-electron chi connectivity index (χ4n) is 4.74. The van der Waals surface area contributed by atoms with Crippen LogP contribution in [0.15, 0.2) is 72.9 Å². The van der Waals surface area contributed by atoms with Crippen LogP contribution in [-0.2, 0) is 24.3 Å². The maximum atomic E-state index is 13.4. The van der Waals surface area contributed by atoms with E-state index in [4.69, 9.17) is 4.74 Å². The van der Waals surface area contributed by atoms with Gasteiger partial charge >= 0.3 is 0 Å². The van der Waals surface area contributed by atoms with Crippen molar-refractivity contribution in [3.63, 3.8) is 0 Å². The molecule has 0 bridgehead atoms. The molecule has 1 aliphatic rings. The molecule has 0 saturated heterocycles. The number of hydrogen-bond acceptors (Lipinski definition) is 2. The van der Waals surface area contributed by atoms with Crippen LogP contribution in [0.1, 0.15) is 55.3 Å². The minimum atomic E-state index is 0.273. The third-order valence-electron chi connectivity index (χ3n) is 6.55. The summed E-state index contributed by atoms with van der Waals surface area (Å²) in [5.41, 5.74) is 3.61. The number of nitrogens with zero attached hydrogens (tertiary/aromatic N) is 2. The Morgan fingerprint density at radius 1 is 0.969 bits per heavy atom. The van der Waals surface area contributed by atoms with Crippen LogP contribution in [0.2, 0.25) is 0 Å². The number of carbonyl (C=O) groups is 1. The van der Waals surface area contributed by atoms with Gasteiger partial charge in [0.05, 0.1) is 13.7 Å². The summed E-state index contributed by atoms with van der Waals surface area (Å²) in [6.45, 7) is 1.45. The molecule has 4 heteroatoms. The van der Waals surface area contributed by atoms with Crippen LogP contribution in [0.4, 0.5) is 0 Å². The van der Waals surface area contributed by atoms with Crippen molar-refractivity contribution in [1.82, 2.24) is 9.47 Å². The summed E-state index contributed by atoms with van der Waals surface area (Å²) in [4.78, 5) is 15.6. The van der Waals surface area contributed by atoms with E-state index in [-0.39, 0.29) is 5.91 Å². The summed E-state index contributed by atoms with van der Waals surface area (Å²) in [6.07, 6.45) is 9.44. The van der Waals surface area contributed by atoms with Crippen molar-refractivity contribution in [3.8, 4) is 5.75 Å². The second kappa shape index (κ2) is 11.0. The molecule has 0 spiro atoms. The van der Waals surface area contributed by atoms with Crippen LogP contribution in [0, 0.1) is 0 Å². The van der Waals surface area contributed by atoms with Crippen molar-refractivity contribution < 1.29 is 9.53 Å². The lowest BCUT2D eigenvalue weighted by Gasteiger charge is -2.35. The monoisotopic (exact) mass is 430 g/mol. The van der Waals surface area contributed by atoms with Gasteiger partial charge in [-0.3, -0.25) is 4.79 Å². The summed E-state index contributed by atoms with van der Waals surface area (Å²) in [7, 11) is 1.70. The fourth-order valence-corrected chi connectivity index (χ4v) is 4.74. The van der Waals surface area contributed by atoms with Crippen molar-refractivity contribution in [2.45, 2.75) is 64.1 Å². The Bertz CT molecular complexity index is 989. The number of hydrogen-bond donors (Lipinski definition) is 0. The van der Waals surface area contributed by atoms with E-state index >= 15 is 0 Å². The molecular formula is C28H34N2O2. The van der Waals surface area contributed by atoms with E-state index in [2.05, 4.69) is 52.1 Å². The second-order valence-corrected chi connectivity index (χ2v) is 8.78.